The first-order valence-corrected chi connectivity index (χ1v) is 17.7. The lowest BCUT2D eigenvalue weighted by atomic mass is 10.0. The molecular weight excluding hydrogens is 657 g/mol. The van der Waals surface area contributed by atoms with E-state index in [0.717, 1.165) is 12.0 Å². The maximum atomic E-state index is 13.8. The average molecular weight is 697 g/mol. The highest BCUT2D eigenvalue weighted by atomic mass is 32.1. The summed E-state index contributed by atoms with van der Waals surface area (Å²) in [5, 5.41) is 6.77. The van der Waals surface area contributed by atoms with Gasteiger partial charge in [-0.2, -0.15) is 0 Å². The fourth-order valence-electron chi connectivity index (χ4n) is 6.87. The van der Waals surface area contributed by atoms with E-state index in [1.54, 1.807) is 42.8 Å². The van der Waals surface area contributed by atoms with Gasteiger partial charge in [0.1, 0.15) is 32.8 Å². The van der Waals surface area contributed by atoms with Crippen LogP contribution in [0.4, 0.5) is 26.7 Å². The number of rotatable bonds is 6. The smallest absolute Gasteiger partial charge is 0.410 e. The van der Waals surface area contributed by atoms with Crippen molar-refractivity contribution in [1.82, 2.24) is 20.1 Å². The predicted octanol–water partition coefficient (Wildman–Crippen LogP) is 7.20. The molecule has 0 unspecified atom stereocenters. The number of urea groups is 1. The minimum Gasteiger partial charge on any atom is -0.457 e. The number of thiophene rings is 1. The molecule has 0 spiro atoms. The number of amides is 5. The molecule has 2 N–H and O–H groups in total. The van der Waals surface area contributed by atoms with Crippen LogP contribution in [-0.2, 0) is 9.53 Å². The molecular formula is C37H40N6O6S. The molecule has 2 aromatic carbocycles. The van der Waals surface area contributed by atoms with Gasteiger partial charge in [-0.3, -0.25) is 19.4 Å². The Balaban J connectivity index is 1.08. The molecule has 12 nitrogen and oxygen atoms in total. The van der Waals surface area contributed by atoms with E-state index < -0.39 is 23.8 Å². The van der Waals surface area contributed by atoms with Crippen molar-refractivity contribution in [2.24, 2.45) is 0 Å². The Morgan fingerprint density at radius 1 is 0.980 bits per heavy atom. The number of hydrogen-bond acceptors (Lipinski definition) is 8. The molecule has 13 heteroatoms. The lowest BCUT2D eigenvalue weighted by Crippen LogP contribution is -2.55. The maximum absolute atomic E-state index is 13.8. The number of para-hydroxylation sites is 1. The number of pyridine rings is 1. The van der Waals surface area contributed by atoms with Crippen LogP contribution in [0.2, 0.25) is 0 Å². The third kappa shape index (κ3) is 6.57. The van der Waals surface area contributed by atoms with Crippen LogP contribution < -0.4 is 20.3 Å². The number of aromatic nitrogens is 1. The fourth-order valence-corrected chi connectivity index (χ4v) is 7.89. The normalized spacial score (nSPS) is 19.0. The lowest BCUT2D eigenvalue weighted by Gasteiger charge is -2.36. The van der Waals surface area contributed by atoms with Gasteiger partial charge in [0.2, 0.25) is 5.91 Å². The van der Waals surface area contributed by atoms with Crippen LogP contribution in [0, 0.1) is 6.92 Å². The van der Waals surface area contributed by atoms with E-state index in [1.165, 1.54) is 16.2 Å². The molecule has 2 atom stereocenters. The highest BCUT2D eigenvalue weighted by Crippen LogP contribution is 2.46. The van der Waals surface area contributed by atoms with Crippen molar-refractivity contribution in [3.05, 3.63) is 71.2 Å². The number of carbonyl (C=O) groups is 4. The SMILES string of the molecule is Cc1cc(Oc2ccccc2)ccc1N1C(=O)Nc2c(C(=O)N[C@@H]3CCCN(C(=O)[C@H]4CCCN4C(=O)OC(C)(C)C)C3)sc3nccc1c23. The van der Waals surface area contributed by atoms with E-state index in [2.05, 4.69) is 15.6 Å². The number of likely N-dealkylation sites (tertiary alicyclic amines) is 2. The number of ether oxygens (including phenoxy) is 2. The monoisotopic (exact) mass is 696 g/mol. The number of hydrogen-bond donors (Lipinski definition) is 2. The molecule has 2 saturated heterocycles. The molecule has 4 aromatic rings. The van der Waals surface area contributed by atoms with Gasteiger partial charge < -0.3 is 25.0 Å². The summed E-state index contributed by atoms with van der Waals surface area (Å²) >= 11 is 1.22. The number of carbonyl (C=O) groups excluding carboxylic acids is 4. The number of nitrogens with one attached hydrogen (secondary N) is 2. The van der Waals surface area contributed by atoms with Crippen molar-refractivity contribution in [3.8, 4) is 11.5 Å². The highest BCUT2D eigenvalue weighted by Gasteiger charge is 2.40. The first kappa shape index (κ1) is 33.3. The Morgan fingerprint density at radius 2 is 1.76 bits per heavy atom. The molecule has 3 aliphatic heterocycles. The summed E-state index contributed by atoms with van der Waals surface area (Å²) in [6.45, 7) is 8.69. The van der Waals surface area contributed by atoms with E-state index in [0.29, 0.717) is 82.6 Å². The minimum absolute atomic E-state index is 0.125. The third-order valence-corrected chi connectivity index (χ3v) is 10.2. The van der Waals surface area contributed by atoms with Crippen molar-refractivity contribution in [3.63, 3.8) is 0 Å². The van der Waals surface area contributed by atoms with E-state index in [1.807, 2.05) is 55.5 Å². The Hall–Kier alpha value is -5.17. The van der Waals surface area contributed by atoms with E-state index >= 15 is 0 Å². The number of aryl methyl sites for hydroxylation is 1. The van der Waals surface area contributed by atoms with Crippen molar-refractivity contribution in [2.45, 2.75) is 71.1 Å². The average Bonchev–Trinajstić information content (AvgIpc) is 3.72. The van der Waals surface area contributed by atoms with Gasteiger partial charge >= 0.3 is 12.1 Å². The first-order valence-electron chi connectivity index (χ1n) is 16.9. The predicted molar refractivity (Wildman–Crippen MR) is 192 cm³/mol. The van der Waals surface area contributed by atoms with Crippen LogP contribution in [-0.4, -0.2) is 76.0 Å². The second-order valence-corrected chi connectivity index (χ2v) is 14.9. The van der Waals surface area contributed by atoms with Crippen LogP contribution in [0.1, 0.15) is 61.7 Å². The Morgan fingerprint density at radius 3 is 2.52 bits per heavy atom. The maximum Gasteiger partial charge on any atom is 0.410 e. The second kappa shape index (κ2) is 13.3. The molecule has 3 aliphatic rings. The zero-order chi connectivity index (χ0) is 35.2. The number of piperidine rings is 1. The topological polar surface area (TPSA) is 133 Å². The quantitative estimate of drug-likeness (QED) is 0.218. The second-order valence-electron chi connectivity index (χ2n) is 13.9. The van der Waals surface area contributed by atoms with E-state index in [4.69, 9.17) is 9.47 Å². The zero-order valence-electron chi connectivity index (χ0n) is 28.5. The van der Waals surface area contributed by atoms with Gasteiger partial charge in [0.25, 0.3) is 5.91 Å². The Kier molecular flexibility index (Phi) is 8.85. The molecule has 2 aromatic heterocycles. The van der Waals surface area contributed by atoms with Crippen molar-refractivity contribution >= 4 is 62.6 Å². The first-order chi connectivity index (χ1) is 24.0. The van der Waals surface area contributed by atoms with Gasteiger partial charge in [-0.05, 0) is 95.3 Å². The van der Waals surface area contributed by atoms with Crippen molar-refractivity contribution < 1.29 is 28.7 Å². The molecule has 0 radical (unpaired) electrons. The van der Waals surface area contributed by atoms with Crippen LogP contribution in [0.15, 0.2) is 60.8 Å². The minimum atomic E-state index is -0.656. The summed E-state index contributed by atoms with van der Waals surface area (Å²) in [5.74, 6) is 0.903. The summed E-state index contributed by atoms with van der Waals surface area (Å²) in [7, 11) is 0. The molecule has 7 rings (SSSR count). The van der Waals surface area contributed by atoms with Gasteiger partial charge in [-0.25, -0.2) is 14.6 Å². The molecule has 0 bridgehead atoms. The number of benzene rings is 2. The number of anilines is 3. The summed E-state index contributed by atoms with van der Waals surface area (Å²) < 4.78 is 11.6. The van der Waals surface area contributed by atoms with E-state index in [9.17, 15) is 19.2 Å². The fraction of sp³-hybridized carbons (Fsp3) is 0.378. The summed E-state index contributed by atoms with van der Waals surface area (Å²) in [6, 6.07) is 15.6. The molecule has 0 aliphatic carbocycles. The standard InChI is InChI=1S/C37H40N6O6S/c1-22-20-25(48-24-11-6-5-7-12-24)14-15-26(22)43-27-16-17-38-33-29(27)30(40-35(43)46)31(50-33)32(44)39-23-10-8-18-41(21-23)34(45)28-13-9-19-42(28)36(47)49-37(2,3)4/h5-7,11-12,14-17,20,23,28H,8-10,13,18-19,21H2,1-4H3,(H,39,44)(H,40,46)/t23-,28-/m1/s1. The van der Waals surface area contributed by atoms with Gasteiger partial charge in [0.15, 0.2) is 0 Å². The summed E-state index contributed by atoms with van der Waals surface area (Å²) in [5.41, 5.74) is 1.91. The van der Waals surface area contributed by atoms with Gasteiger partial charge in [-0.15, -0.1) is 11.3 Å². The Bertz CT molecular complexity index is 1970. The Labute approximate surface area is 294 Å². The number of nitrogens with zero attached hydrogens (tertiary/aromatic N) is 4. The van der Waals surface area contributed by atoms with Gasteiger partial charge in [0, 0.05) is 31.9 Å². The van der Waals surface area contributed by atoms with Crippen LogP contribution in [0.25, 0.3) is 10.2 Å². The largest absolute Gasteiger partial charge is 0.457 e. The van der Waals surface area contributed by atoms with Crippen LogP contribution in [0.5, 0.6) is 11.5 Å². The van der Waals surface area contributed by atoms with Crippen LogP contribution in [0.3, 0.4) is 0 Å². The molecule has 0 saturated carbocycles. The third-order valence-electron chi connectivity index (χ3n) is 9.07. The zero-order valence-corrected chi connectivity index (χ0v) is 29.3. The van der Waals surface area contributed by atoms with Gasteiger partial charge in [-0.1, -0.05) is 18.2 Å². The van der Waals surface area contributed by atoms with Crippen molar-refractivity contribution in [1.29, 1.82) is 0 Å². The van der Waals surface area contributed by atoms with Crippen molar-refractivity contribution in [2.75, 3.05) is 29.9 Å². The molecule has 5 amide bonds. The van der Waals surface area contributed by atoms with E-state index in [-0.39, 0.29) is 17.9 Å². The molecule has 260 valence electrons. The highest BCUT2D eigenvalue weighted by molar-refractivity contribution is 7.21. The lowest BCUT2D eigenvalue weighted by molar-refractivity contribution is -0.137. The summed E-state index contributed by atoms with van der Waals surface area (Å²) in [4.78, 5) is 64.4. The summed E-state index contributed by atoms with van der Waals surface area (Å²) in [6.07, 6.45) is 3.87. The molecule has 50 heavy (non-hydrogen) atoms. The van der Waals surface area contributed by atoms with Gasteiger partial charge in [0.05, 0.1) is 22.4 Å². The molecule has 2 fully saturated rings. The van der Waals surface area contributed by atoms with Crippen LogP contribution >= 0.6 is 11.3 Å². The molecule has 5 heterocycles.